The second kappa shape index (κ2) is 8.93. The smallest absolute Gasteiger partial charge is 0.222 e. The fraction of sp³-hybridized carbons (Fsp3) is 0.611. The Hall–Kier alpha value is -0.970. The third-order valence-corrected chi connectivity index (χ3v) is 5.34. The first-order valence-electron chi connectivity index (χ1n) is 8.42. The molecule has 1 aliphatic heterocycles. The Kier molecular flexibility index (Phi) is 7.20. The average Bonchev–Trinajstić information content (AvgIpc) is 2.54. The van der Waals surface area contributed by atoms with Gasteiger partial charge in [0.1, 0.15) is 5.75 Å². The van der Waals surface area contributed by atoms with E-state index in [0.717, 1.165) is 19.4 Å². The summed E-state index contributed by atoms with van der Waals surface area (Å²) in [5.41, 5.74) is 0. The first-order valence-corrected chi connectivity index (χ1v) is 9.18. The van der Waals surface area contributed by atoms with E-state index in [2.05, 4.69) is 18.9 Å². The summed E-state index contributed by atoms with van der Waals surface area (Å²) in [5, 5.41) is 1.07. The van der Waals surface area contributed by atoms with Crippen molar-refractivity contribution in [1.82, 2.24) is 9.80 Å². The number of piperidine rings is 1. The van der Waals surface area contributed by atoms with Crippen LogP contribution in [0.2, 0.25) is 10.0 Å². The van der Waals surface area contributed by atoms with Crippen LogP contribution in [0, 0.1) is 0 Å². The summed E-state index contributed by atoms with van der Waals surface area (Å²) in [5.74, 6) is 0.786. The summed E-state index contributed by atoms with van der Waals surface area (Å²) >= 11 is 11.9. The van der Waals surface area contributed by atoms with Crippen LogP contribution in [-0.2, 0) is 4.79 Å². The van der Waals surface area contributed by atoms with Crippen molar-refractivity contribution in [2.75, 3.05) is 27.2 Å². The van der Waals surface area contributed by atoms with Crippen LogP contribution in [0.25, 0.3) is 0 Å². The van der Waals surface area contributed by atoms with Gasteiger partial charge in [-0.25, -0.2) is 0 Å². The van der Waals surface area contributed by atoms with Crippen LogP contribution in [0.5, 0.6) is 5.75 Å². The Morgan fingerprint density at radius 2 is 2.17 bits per heavy atom. The maximum atomic E-state index is 12.4. The zero-order valence-electron chi connectivity index (χ0n) is 14.6. The van der Waals surface area contributed by atoms with Crippen molar-refractivity contribution in [3.8, 4) is 5.75 Å². The highest BCUT2D eigenvalue weighted by molar-refractivity contribution is 6.35. The molecule has 1 aliphatic rings. The van der Waals surface area contributed by atoms with Gasteiger partial charge in [0.2, 0.25) is 5.91 Å². The molecule has 4 nitrogen and oxygen atoms in total. The molecule has 0 spiro atoms. The predicted octanol–water partition coefficient (Wildman–Crippen LogP) is 4.09. The number of amides is 1. The summed E-state index contributed by atoms with van der Waals surface area (Å²) in [7, 11) is 4.06. The van der Waals surface area contributed by atoms with Crippen molar-refractivity contribution in [3.63, 3.8) is 0 Å². The lowest BCUT2D eigenvalue weighted by Crippen LogP contribution is -2.48. The maximum Gasteiger partial charge on any atom is 0.222 e. The van der Waals surface area contributed by atoms with Crippen molar-refractivity contribution in [3.05, 3.63) is 28.2 Å². The summed E-state index contributed by atoms with van der Waals surface area (Å²) in [6.45, 7) is 3.72. The molecule has 1 aromatic rings. The molecule has 0 aromatic heterocycles. The van der Waals surface area contributed by atoms with Gasteiger partial charge in [-0.3, -0.25) is 4.79 Å². The molecular weight excluding hydrogens is 347 g/mol. The van der Waals surface area contributed by atoms with E-state index < -0.39 is 0 Å². The molecule has 0 bridgehead atoms. The number of rotatable bonds is 6. The van der Waals surface area contributed by atoms with Gasteiger partial charge >= 0.3 is 0 Å². The van der Waals surface area contributed by atoms with Crippen LogP contribution in [0.3, 0.4) is 0 Å². The number of halogens is 2. The van der Waals surface area contributed by atoms with Gasteiger partial charge in [-0.2, -0.15) is 0 Å². The number of likely N-dealkylation sites (tertiary alicyclic amines) is 1. The number of carbonyl (C=O) groups is 1. The van der Waals surface area contributed by atoms with Gasteiger partial charge in [0.15, 0.2) is 0 Å². The van der Waals surface area contributed by atoms with Gasteiger partial charge in [0.05, 0.1) is 11.6 Å². The number of nitrogens with zero attached hydrogens (tertiary/aromatic N) is 2. The zero-order chi connectivity index (χ0) is 17.7. The van der Waals surface area contributed by atoms with E-state index in [1.165, 1.54) is 0 Å². The first-order chi connectivity index (χ1) is 11.4. The number of hydrogen-bond acceptors (Lipinski definition) is 3. The molecule has 6 heteroatoms. The van der Waals surface area contributed by atoms with Crippen LogP contribution in [-0.4, -0.2) is 55.0 Å². The standard InChI is InChI=1S/C18H26Cl2N2O2/c1-13-11-15(8-9-21(13)2)22(3)18(23)5-4-10-24-17-7-6-14(19)12-16(17)20/h6-7,12-13,15H,4-5,8-11H2,1-3H3/t13-,15+/m0/s1. The molecule has 0 unspecified atom stereocenters. The Morgan fingerprint density at radius 3 is 2.83 bits per heavy atom. The van der Waals surface area contributed by atoms with Gasteiger partial charge in [-0.1, -0.05) is 23.2 Å². The molecule has 134 valence electrons. The molecule has 2 atom stereocenters. The van der Waals surface area contributed by atoms with Crippen LogP contribution >= 0.6 is 23.2 Å². The average molecular weight is 373 g/mol. The van der Waals surface area contributed by atoms with Gasteiger partial charge in [0.25, 0.3) is 0 Å². The predicted molar refractivity (Wildman–Crippen MR) is 99.1 cm³/mol. The highest BCUT2D eigenvalue weighted by Gasteiger charge is 2.27. The molecule has 24 heavy (non-hydrogen) atoms. The maximum absolute atomic E-state index is 12.4. The Morgan fingerprint density at radius 1 is 1.42 bits per heavy atom. The van der Waals surface area contributed by atoms with Crippen LogP contribution in [0.1, 0.15) is 32.6 Å². The molecule has 0 aliphatic carbocycles. The van der Waals surface area contributed by atoms with Gasteiger partial charge in [0, 0.05) is 37.1 Å². The minimum absolute atomic E-state index is 0.183. The molecule has 0 saturated carbocycles. The number of hydrogen-bond donors (Lipinski definition) is 0. The number of ether oxygens (including phenoxy) is 1. The van der Waals surface area contributed by atoms with Crippen molar-refractivity contribution < 1.29 is 9.53 Å². The molecule has 1 fully saturated rings. The monoisotopic (exact) mass is 372 g/mol. The number of benzene rings is 1. The van der Waals surface area contributed by atoms with E-state index >= 15 is 0 Å². The molecule has 2 rings (SSSR count). The SMILES string of the molecule is C[C@H]1C[C@H](N(C)C(=O)CCCOc2ccc(Cl)cc2Cl)CCN1C. The lowest BCUT2D eigenvalue weighted by molar-refractivity contribution is -0.133. The third-order valence-electron chi connectivity index (χ3n) is 4.81. The Bertz CT molecular complexity index is 568. The normalized spacial score (nSPS) is 21.5. The summed E-state index contributed by atoms with van der Waals surface area (Å²) in [4.78, 5) is 16.6. The second-order valence-electron chi connectivity index (χ2n) is 6.54. The molecule has 0 N–H and O–H groups in total. The molecule has 0 radical (unpaired) electrons. The highest BCUT2D eigenvalue weighted by atomic mass is 35.5. The molecule has 1 heterocycles. The first kappa shape index (κ1) is 19.4. The molecule has 1 saturated heterocycles. The van der Waals surface area contributed by atoms with Crippen molar-refractivity contribution in [1.29, 1.82) is 0 Å². The van der Waals surface area contributed by atoms with Crippen molar-refractivity contribution in [2.45, 2.75) is 44.7 Å². The summed E-state index contributed by atoms with van der Waals surface area (Å²) in [6, 6.07) is 6.00. The van der Waals surface area contributed by atoms with Gasteiger partial charge < -0.3 is 14.5 Å². The highest BCUT2D eigenvalue weighted by Crippen LogP contribution is 2.27. The van der Waals surface area contributed by atoms with E-state index in [4.69, 9.17) is 27.9 Å². The van der Waals surface area contributed by atoms with Gasteiger partial charge in [-0.15, -0.1) is 0 Å². The minimum Gasteiger partial charge on any atom is -0.492 e. The summed E-state index contributed by atoms with van der Waals surface area (Å²) in [6.07, 6.45) is 3.24. The molecular formula is C18H26Cl2N2O2. The lowest BCUT2D eigenvalue weighted by atomic mass is 9.97. The van der Waals surface area contributed by atoms with Crippen LogP contribution in [0.4, 0.5) is 0 Å². The largest absolute Gasteiger partial charge is 0.492 e. The van der Waals surface area contributed by atoms with E-state index in [1.807, 2.05) is 11.9 Å². The van der Waals surface area contributed by atoms with E-state index in [-0.39, 0.29) is 5.91 Å². The third kappa shape index (κ3) is 5.27. The Labute approximate surface area is 154 Å². The fourth-order valence-electron chi connectivity index (χ4n) is 2.99. The fourth-order valence-corrected chi connectivity index (χ4v) is 3.46. The zero-order valence-corrected chi connectivity index (χ0v) is 16.1. The second-order valence-corrected chi connectivity index (χ2v) is 7.38. The van der Waals surface area contributed by atoms with Crippen molar-refractivity contribution in [2.24, 2.45) is 0 Å². The quantitative estimate of drug-likeness (QED) is 0.704. The van der Waals surface area contributed by atoms with Crippen LogP contribution in [0.15, 0.2) is 18.2 Å². The topological polar surface area (TPSA) is 32.8 Å². The number of carbonyl (C=O) groups excluding carboxylic acids is 1. The van der Waals surface area contributed by atoms with E-state index in [1.54, 1.807) is 18.2 Å². The molecule has 1 amide bonds. The van der Waals surface area contributed by atoms with Gasteiger partial charge in [-0.05, 0) is 51.4 Å². The van der Waals surface area contributed by atoms with Crippen LogP contribution < -0.4 is 4.74 Å². The minimum atomic E-state index is 0.183. The molecule has 1 aromatic carbocycles. The van der Waals surface area contributed by atoms with E-state index in [9.17, 15) is 4.79 Å². The van der Waals surface area contributed by atoms with E-state index in [0.29, 0.717) is 47.3 Å². The lowest BCUT2D eigenvalue weighted by Gasteiger charge is -2.39. The Balaban J connectivity index is 1.72. The van der Waals surface area contributed by atoms with Crippen molar-refractivity contribution >= 4 is 29.1 Å². The summed E-state index contributed by atoms with van der Waals surface area (Å²) < 4.78 is 5.63.